The van der Waals surface area contributed by atoms with E-state index in [-0.39, 0.29) is 5.90 Å². The molecule has 0 spiro atoms. The summed E-state index contributed by atoms with van der Waals surface area (Å²) in [5.74, 6) is 0.602. The van der Waals surface area contributed by atoms with E-state index in [1.807, 2.05) is 6.92 Å². The van der Waals surface area contributed by atoms with Crippen LogP contribution in [0.5, 0.6) is 0 Å². The molecular formula is C13H14FNO3. The van der Waals surface area contributed by atoms with Gasteiger partial charge in [-0.3, -0.25) is 0 Å². The SMILES string of the molecule is C=C1Cc2oc(=O)cc(CCC)c2C(OCF)=N1. The van der Waals surface area contributed by atoms with Gasteiger partial charge in [-0.25, -0.2) is 14.2 Å². The van der Waals surface area contributed by atoms with Gasteiger partial charge < -0.3 is 9.15 Å². The maximum absolute atomic E-state index is 12.4. The van der Waals surface area contributed by atoms with Gasteiger partial charge in [0.05, 0.1) is 5.56 Å². The van der Waals surface area contributed by atoms with Crippen LogP contribution in [0.15, 0.2) is 32.5 Å². The fraction of sp³-hybridized carbons (Fsp3) is 0.385. The van der Waals surface area contributed by atoms with Crippen LogP contribution >= 0.6 is 0 Å². The minimum absolute atomic E-state index is 0.149. The third-order valence-corrected chi connectivity index (χ3v) is 2.66. The Balaban J connectivity index is 2.58. The van der Waals surface area contributed by atoms with Crippen LogP contribution in [0.1, 0.15) is 30.2 Å². The Kier molecular flexibility index (Phi) is 3.60. The summed E-state index contributed by atoms with van der Waals surface area (Å²) < 4.78 is 22.4. The fourth-order valence-corrected chi connectivity index (χ4v) is 2.02. The van der Waals surface area contributed by atoms with Gasteiger partial charge in [0.1, 0.15) is 5.76 Å². The van der Waals surface area contributed by atoms with Crippen molar-refractivity contribution in [1.82, 2.24) is 0 Å². The van der Waals surface area contributed by atoms with Crippen molar-refractivity contribution < 1.29 is 13.5 Å². The largest absolute Gasteiger partial charge is 0.445 e. The van der Waals surface area contributed by atoms with Crippen LogP contribution in [0.25, 0.3) is 0 Å². The van der Waals surface area contributed by atoms with Gasteiger partial charge in [0.25, 0.3) is 0 Å². The summed E-state index contributed by atoms with van der Waals surface area (Å²) in [6, 6.07) is 1.41. The van der Waals surface area contributed by atoms with Crippen molar-refractivity contribution in [2.45, 2.75) is 26.2 Å². The van der Waals surface area contributed by atoms with Crippen LogP contribution in [-0.2, 0) is 17.6 Å². The van der Waals surface area contributed by atoms with E-state index in [0.29, 0.717) is 29.9 Å². The van der Waals surface area contributed by atoms with Crippen molar-refractivity contribution in [3.63, 3.8) is 0 Å². The average molecular weight is 251 g/mol. The molecule has 5 heteroatoms. The number of alkyl halides is 1. The van der Waals surface area contributed by atoms with Gasteiger partial charge in [0.15, 0.2) is 0 Å². The summed E-state index contributed by atoms with van der Waals surface area (Å²) in [5.41, 5.74) is 1.46. The second-order valence-electron chi connectivity index (χ2n) is 4.05. The maximum atomic E-state index is 12.4. The molecule has 0 aromatic carbocycles. The van der Waals surface area contributed by atoms with E-state index >= 15 is 0 Å². The molecule has 1 aromatic rings. The number of hydrogen-bond donors (Lipinski definition) is 0. The second kappa shape index (κ2) is 5.16. The van der Waals surface area contributed by atoms with Crippen LogP contribution in [0.3, 0.4) is 0 Å². The van der Waals surface area contributed by atoms with Gasteiger partial charge in [0, 0.05) is 18.2 Å². The number of halogens is 1. The van der Waals surface area contributed by atoms with Crippen LogP contribution < -0.4 is 5.63 Å². The fourth-order valence-electron chi connectivity index (χ4n) is 2.02. The highest BCUT2D eigenvalue weighted by atomic mass is 19.1. The van der Waals surface area contributed by atoms with Crippen molar-refractivity contribution in [3.8, 4) is 0 Å². The molecule has 18 heavy (non-hydrogen) atoms. The molecule has 0 saturated carbocycles. The van der Waals surface area contributed by atoms with Crippen molar-refractivity contribution >= 4 is 5.90 Å². The van der Waals surface area contributed by atoms with E-state index in [9.17, 15) is 9.18 Å². The van der Waals surface area contributed by atoms with Gasteiger partial charge in [0.2, 0.25) is 12.8 Å². The summed E-state index contributed by atoms with van der Waals surface area (Å²) >= 11 is 0. The van der Waals surface area contributed by atoms with E-state index in [2.05, 4.69) is 11.6 Å². The highest BCUT2D eigenvalue weighted by molar-refractivity contribution is 5.98. The average Bonchev–Trinajstić information content (AvgIpc) is 2.28. The Morgan fingerprint density at radius 1 is 1.61 bits per heavy atom. The molecule has 1 aliphatic heterocycles. The minimum Gasteiger partial charge on any atom is -0.445 e. The Labute approximate surface area is 104 Å². The molecule has 0 unspecified atom stereocenters. The van der Waals surface area contributed by atoms with Crippen molar-refractivity contribution in [3.05, 3.63) is 45.6 Å². The summed E-state index contributed by atoms with van der Waals surface area (Å²) in [7, 11) is 0. The molecule has 4 nitrogen and oxygen atoms in total. The van der Waals surface area contributed by atoms with Crippen molar-refractivity contribution in [1.29, 1.82) is 0 Å². The van der Waals surface area contributed by atoms with Gasteiger partial charge in [-0.2, -0.15) is 0 Å². The topological polar surface area (TPSA) is 51.8 Å². The molecule has 2 rings (SSSR count). The first kappa shape index (κ1) is 12.5. The van der Waals surface area contributed by atoms with E-state index in [4.69, 9.17) is 9.15 Å². The predicted octanol–water partition coefficient (Wildman–Crippen LogP) is 2.35. The van der Waals surface area contributed by atoms with Gasteiger partial charge >= 0.3 is 5.63 Å². The van der Waals surface area contributed by atoms with E-state index < -0.39 is 12.5 Å². The smallest absolute Gasteiger partial charge is 0.336 e. The van der Waals surface area contributed by atoms with Crippen molar-refractivity contribution in [2.75, 3.05) is 6.86 Å². The molecule has 1 aliphatic rings. The van der Waals surface area contributed by atoms with E-state index in [0.717, 1.165) is 12.0 Å². The third kappa shape index (κ3) is 2.34. The molecule has 2 heterocycles. The van der Waals surface area contributed by atoms with Crippen LogP contribution in [0.2, 0.25) is 0 Å². The maximum Gasteiger partial charge on any atom is 0.336 e. The molecular weight excluding hydrogens is 237 g/mol. The third-order valence-electron chi connectivity index (χ3n) is 2.66. The van der Waals surface area contributed by atoms with Gasteiger partial charge in [-0.05, 0) is 12.0 Å². The quantitative estimate of drug-likeness (QED) is 0.828. The van der Waals surface area contributed by atoms with Gasteiger partial charge in [-0.15, -0.1) is 0 Å². The molecule has 0 radical (unpaired) electrons. The Morgan fingerprint density at radius 2 is 2.39 bits per heavy atom. The molecule has 0 bridgehead atoms. The molecule has 0 saturated heterocycles. The Bertz CT molecular complexity index is 560. The standard InChI is InChI=1S/C13H14FNO3/c1-3-4-9-6-11(16)18-10-5-8(2)15-13(12(9)10)17-7-14/h6H,2-5,7H2,1H3. The van der Waals surface area contributed by atoms with Crippen LogP contribution in [-0.4, -0.2) is 12.8 Å². The number of fused-ring (bicyclic) bond motifs is 1. The second-order valence-corrected chi connectivity index (χ2v) is 4.05. The van der Waals surface area contributed by atoms with Gasteiger partial charge in [-0.1, -0.05) is 19.9 Å². The molecule has 0 fully saturated rings. The molecule has 96 valence electrons. The van der Waals surface area contributed by atoms with Crippen molar-refractivity contribution in [2.24, 2.45) is 4.99 Å². The summed E-state index contributed by atoms with van der Waals surface area (Å²) in [5, 5.41) is 0. The number of allylic oxidation sites excluding steroid dienone is 1. The number of aryl methyl sites for hydroxylation is 1. The number of ether oxygens (including phenoxy) is 1. The molecule has 0 amide bonds. The highest BCUT2D eigenvalue weighted by Crippen LogP contribution is 2.24. The predicted molar refractivity (Wildman–Crippen MR) is 65.4 cm³/mol. The number of hydrogen-bond acceptors (Lipinski definition) is 4. The zero-order chi connectivity index (χ0) is 13.1. The molecule has 1 aromatic heterocycles. The molecule has 0 atom stereocenters. The summed E-state index contributed by atoms with van der Waals surface area (Å²) in [6.07, 6.45) is 1.90. The summed E-state index contributed by atoms with van der Waals surface area (Å²) in [6.45, 7) is 4.72. The normalized spacial score (nSPS) is 14.1. The first-order valence-electron chi connectivity index (χ1n) is 5.77. The molecule has 0 aliphatic carbocycles. The zero-order valence-electron chi connectivity index (χ0n) is 10.2. The number of aliphatic imine (C=N–C) groups is 1. The van der Waals surface area contributed by atoms with E-state index in [1.165, 1.54) is 6.07 Å². The van der Waals surface area contributed by atoms with Crippen LogP contribution in [0, 0.1) is 0 Å². The van der Waals surface area contributed by atoms with E-state index in [1.54, 1.807) is 0 Å². The lowest BCUT2D eigenvalue weighted by atomic mass is 9.99. The summed E-state index contributed by atoms with van der Waals surface area (Å²) in [4.78, 5) is 15.5. The Hall–Kier alpha value is -1.91. The monoisotopic (exact) mass is 251 g/mol. The Morgan fingerprint density at radius 3 is 3.06 bits per heavy atom. The van der Waals surface area contributed by atoms with Crippen LogP contribution in [0.4, 0.5) is 4.39 Å². The number of nitrogens with zero attached hydrogens (tertiary/aromatic N) is 1. The lowest BCUT2D eigenvalue weighted by Gasteiger charge is -2.18. The zero-order valence-corrected chi connectivity index (χ0v) is 10.2. The first-order chi connectivity index (χ1) is 8.65. The lowest BCUT2D eigenvalue weighted by molar-refractivity contribution is 0.179. The highest BCUT2D eigenvalue weighted by Gasteiger charge is 2.24. The molecule has 0 N–H and O–H groups in total. The first-order valence-corrected chi connectivity index (χ1v) is 5.77. The minimum atomic E-state index is -0.976. The lowest BCUT2D eigenvalue weighted by Crippen LogP contribution is -2.20. The number of rotatable bonds is 3.